The highest BCUT2D eigenvalue weighted by Crippen LogP contribution is 2.29. The number of hydrogen-bond acceptors (Lipinski definition) is 5. The van der Waals surface area contributed by atoms with Crippen molar-refractivity contribution >= 4 is 5.96 Å². The number of halogens is 3. The second-order valence-electron chi connectivity index (χ2n) is 6.13. The first-order valence-corrected chi connectivity index (χ1v) is 9.36. The third-order valence-corrected chi connectivity index (χ3v) is 3.87. The molecule has 158 valence electrons. The molecule has 28 heavy (non-hydrogen) atoms. The van der Waals surface area contributed by atoms with E-state index < -0.39 is 11.7 Å². The third kappa shape index (κ3) is 8.30. The van der Waals surface area contributed by atoms with Gasteiger partial charge in [0, 0.05) is 38.6 Å². The molecular weight excluding hydrogens is 377 g/mol. The highest BCUT2D eigenvalue weighted by molar-refractivity contribution is 5.79. The molecule has 1 atom stereocenters. The van der Waals surface area contributed by atoms with E-state index in [0.717, 1.165) is 31.7 Å². The molecule has 10 heteroatoms. The summed E-state index contributed by atoms with van der Waals surface area (Å²) >= 11 is 0. The second kappa shape index (κ2) is 11.7. The topological polar surface area (TPSA) is 77.0 Å². The van der Waals surface area contributed by atoms with Crippen molar-refractivity contribution in [2.45, 2.75) is 32.0 Å². The molecule has 1 aromatic heterocycles. The third-order valence-electron chi connectivity index (χ3n) is 3.87. The number of ether oxygens (including phenoxy) is 3. The van der Waals surface area contributed by atoms with Gasteiger partial charge in [-0.3, -0.25) is 4.99 Å². The fourth-order valence-corrected chi connectivity index (χ4v) is 2.45. The molecule has 0 radical (unpaired) electrons. The summed E-state index contributed by atoms with van der Waals surface area (Å²) in [5.41, 5.74) is -0.802. The first kappa shape index (κ1) is 22.2. The van der Waals surface area contributed by atoms with Crippen LogP contribution in [0.2, 0.25) is 0 Å². The van der Waals surface area contributed by atoms with Gasteiger partial charge in [0.15, 0.2) is 5.96 Å². The summed E-state index contributed by atoms with van der Waals surface area (Å²) in [6.07, 6.45) is -1.69. The lowest BCUT2D eigenvalue weighted by Gasteiger charge is -2.12. The van der Waals surface area contributed by atoms with Crippen LogP contribution in [0.25, 0.3) is 0 Å². The summed E-state index contributed by atoms with van der Waals surface area (Å²) in [4.78, 5) is 8.11. The molecule has 1 aromatic rings. The van der Waals surface area contributed by atoms with Crippen LogP contribution >= 0.6 is 0 Å². The maximum atomic E-state index is 12.5. The minimum Gasteiger partial charge on any atom is -0.476 e. The molecule has 7 nitrogen and oxygen atoms in total. The van der Waals surface area contributed by atoms with Gasteiger partial charge in [0.25, 0.3) is 0 Å². The Bertz CT molecular complexity index is 591. The summed E-state index contributed by atoms with van der Waals surface area (Å²) in [5.74, 6) is 0.792. The van der Waals surface area contributed by atoms with E-state index in [2.05, 4.69) is 20.6 Å². The molecule has 1 aliphatic rings. The fourth-order valence-electron chi connectivity index (χ4n) is 2.45. The van der Waals surface area contributed by atoms with Crippen molar-refractivity contribution in [3.8, 4) is 5.88 Å². The minimum absolute atomic E-state index is 0.143. The molecule has 1 unspecified atom stereocenters. The summed E-state index contributed by atoms with van der Waals surface area (Å²) < 4.78 is 53.8. The van der Waals surface area contributed by atoms with Gasteiger partial charge in [-0.25, -0.2) is 4.98 Å². The Kier molecular flexibility index (Phi) is 9.29. The first-order valence-electron chi connectivity index (χ1n) is 9.36. The van der Waals surface area contributed by atoms with Crippen molar-refractivity contribution < 1.29 is 27.4 Å². The maximum Gasteiger partial charge on any atom is 0.417 e. The van der Waals surface area contributed by atoms with Gasteiger partial charge < -0.3 is 24.8 Å². The van der Waals surface area contributed by atoms with Crippen molar-refractivity contribution in [3.05, 3.63) is 23.9 Å². The molecule has 0 aliphatic carbocycles. The van der Waals surface area contributed by atoms with E-state index in [0.29, 0.717) is 38.8 Å². The summed E-state index contributed by atoms with van der Waals surface area (Å²) in [5, 5.41) is 6.22. The SMILES string of the molecule is CCNC(=NCCCOC1CCOC1)NCCOc1ccc(C(F)(F)F)cn1. The molecule has 0 aromatic carbocycles. The van der Waals surface area contributed by atoms with Crippen molar-refractivity contribution in [3.63, 3.8) is 0 Å². The van der Waals surface area contributed by atoms with Crippen LogP contribution in [0.5, 0.6) is 5.88 Å². The number of guanidine groups is 1. The van der Waals surface area contributed by atoms with Gasteiger partial charge in [-0.1, -0.05) is 0 Å². The lowest BCUT2D eigenvalue weighted by atomic mass is 10.3. The lowest BCUT2D eigenvalue weighted by molar-refractivity contribution is -0.137. The molecule has 0 saturated carbocycles. The normalized spacial score (nSPS) is 17.6. The van der Waals surface area contributed by atoms with Crippen LogP contribution < -0.4 is 15.4 Å². The molecule has 0 amide bonds. The number of hydrogen-bond donors (Lipinski definition) is 2. The highest BCUT2D eigenvalue weighted by atomic mass is 19.4. The van der Waals surface area contributed by atoms with Crippen LogP contribution in [-0.4, -0.2) is 63.1 Å². The number of alkyl halides is 3. The largest absolute Gasteiger partial charge is 0.476 e. The van der Waals surface area contributed by atoms with E-state index >= 15 is 0 Å². The molecular formula is C18H27F3N4O3. The van der Waals surface area contributed by atoms with Crippen LogP contribution in [0.4, 0.5) is 13.2 Å². The minimum atomic E-state index is -4.40. The molecule has 2 rings (SSSR count). The predicted octanol–water partition coefficient (Wildman–Crippen LogP) is 2.23. The van der Waals surface area contributed by atoms with E-state index in [1.807, 2.05) is 6.92 Å². The molecule has 0 bridgehead atoms. The summed E-state index contributed by atoms with van der Waals surface area (Å²) in [7, 11) is 0. The van der Waals surface area contributed by atoms with Crippen molar-refractivity contribution in [1.29, 1.82) is 0 Å². The zero-order chi connectivity index (χ0) is 20.2. The van der Waals surface area contributed by atoms with Crippen molar-refractivity contribution in [2.24, 2.45) is 4.99 Å². The van der Waals surface area contributed by atoms with E-state index in [4.69, 9.17) is 14.2 Å². The van der Waals surface area contributed by atoms with Crippen molar-refractivity contribution in [2.75, 3.05) is 46.1 Å². The van der Waals surface area contributed by atoms with Gasteiger partial charge in [0.1, 0.15) is 6.61 Å². The first-order chi connectivity index (χ1) is 13.5. The van der Waals surface area contributed by atoms with Crippen LogP contribution in [-0.2, 0) is 15.7 Å². The summed E-state index contributed by atoms with van der Waals surface area (Å²) in [6, 6.07) is 2.15. The number of nitrogens with one attached hydrogen (secondary N) is 2. The Balaban J connectivity index is 1.63. The Morgan fingerprint density at radius 2 is 2.18 bits per heavy atom. The Labute approximate surface area is 162 Å². The molecule has 1 aliphatic heterocycles. The number of pyridine rings is 1. The summed E-state index contributed by atoms with van der Waals surface area (Å²) in [6.45, 7) is 6.04. The Morgan fingerprint density at radius 1 is 1.32 bits per heavy atom. The Hall–Kier alpha value is -2.07. The Morgan fingerprint density at radius 3 is 2.82 bits per heavy atom. The van der Waals surface area contributed by atoms with Crippen LogP contribution in [0, 0.1) is 0 Å². The smallest absolute Gasteiger partial charge is 0.417 e. The molecule has 1 fully saturated rings. The van der Waals surface area contributed by atoms with Gasteiger partial charge in [-0.2, -0.15) is 13.2 Å². The molecule has 0 spiro atoms. The standard InChI is InChI=1S/C18H27F3N4O3/c1-2-22-17(23-7-3-9-27-15-6-10-26-13-15)24-8-11-28-16-5-4-14(12-25-16)18(19,20)21/h4-5,12,15H,2-3,6-11,13H2,1H3,(H2,22,23,24). The van der Waals surface area contributed by atoms with Crippen LogP contribution in [0.3, 0.4) is 0 Å². The predicted molar refractivity (Wildman–Crippen MR) is 98.5 cm³/mol. The average Bonchev–Trinajstić information content (AvgIpc) is 3.18. The number of aliphatic imine (C=N–C) groups is 1. The van der Waals surface area contributed by atoms with Gasteiger partial charge in [0.2, 0.25) is 5.88 Å². The number of nitrogens with zero attached hydrogens (tertiary/aromatic N) is 2. The molecule has 2 heterocycles. The van der Waals surface area contributed by atoms with E-state index in [9.17, 15) is 13.2 Å². The molecule has 2 N–H and O–H groups in total. The van der Waals surface area contributed by atoms with Gasteiger partial charge >= 0.3 is 6.18 Å². The molecule has 1 saturated heterocycles. The van der Waals surface area contributed by atoms with Gasteiger partial charge in [-0.15, -0.1) is 0 Å². The van der Waals surface area contributed by atoms with Crippen LogP contribution in [0.1, 0.15) is 25.3 Å². The van der Waals surface area contributed by atoms with Gasteiger partial charge in [-0.05, 0) is 25.8 Å². The zero-order valence-corrected chi connectivity index (χ0v) is 15.9. The lowest BCUT2D eigenvalue weighted by Crippen LogP contribution is -2.39. The maximum absolute atomic E-state index is 12.5. The highest BCUT2D eigenvalue weighted by Gasteiger charge is 2.30. The van der Waals surface area contributed by atoms with Gasteiger partial charge in [0.05, 0.1) is 24.8 Å². The quantitative estimate of drug-likeness (QED) is 0.354. The fraction of sp³-hybridized carbons (Fsp3) is 0.667. The van der Waals surface area contributed by atoms with E-state index in [-0.39, 0.29) is 18.6 Å². The number of aromatic nitrogens is 1. The van der Waals surface area contributed by atoms with E-state index in [1.54, 1.807) is 0 Å². The van der Waals surface area contributed by atoms with Crippen molar-refractivity contribution in [1.82, 2.24) is 15.6 Å². The monoisotopic (exact) mass is 404 g/mol. The average molecular weight is 404 g/mol. The number of rotatable bonds is 10. The zero-order valence-electron chi connectivity index (χ0n) is 15.9. The second-order valence-corrected chi connectivity index (χ2v) is 6.13. The van der Waals surface area contributed by atoms with Crippen LogP contribution in [0.15, 0.2) is 23.3 Å². The van der Waals surface area contributed by atoms with E-state index in [1.165, 1.54) is 6.07 Å².